The van der Waals surface area contributed by atoms with Crippen molar-refractivity contribution in [3.05, 3.63) is 30.6 Å². The van der Waals surface area contributed by atoms with E-state index in [0.717, 1.165) is 35.1 Å². The SMILES string of the molecule is COc1ccnc(OC)c1-c1cc2cc(NC(=O)[C@H]3C[C@@H]3CN(C)C)ncc2n1C. The molecule has 30 heavy (non-hydrogen) atoms. The van der Waals surface area contributed by atoms with E-state index >= 15 is 0 Å². The molecule has 3 aromatic heterocycles. The molecule has 8 heteroatoms. The smallest absolute Gasteiger partial charge is 0.228 e. The molecule has 0 spiro atoms. The predicted octanol–water partition coefficient (Wildman–Crippen LogP) is 2.79. The Morgan fingerprint density at radius 1 is 1.27 bits per heavy atom. The lowest BCUT2D eigenvalue weighted by Crippen LogP contribution is -2.20. The van der Waals surface area contributed by atoms with E-state index < -0.39 is 0 Å². The van der Waals surface area contributed by atoms with Gasteiger partial charge in [0.1, 0.15) is 17.1 Å². The van der Waals surface area contributed by atoms with Gasteiger partial charge in [0.05, 0.1) is 31.6 Å². The van der Waals surface area contributed by atoms with Crippen LogP contribution in [0.5, 0.6) is 11.6 Å². The zero-order chi connectivity index (χ0) is 21.4. The number of hydrogen-bond donors (Lipinski definition) is 1. The van der Waals surface area contributed by atoms with Crippen molar-refractivity contribution < 1.29 is 14.3 Å². The van der Waals surface area contributed by atoms with Gasteiger partial charge in [0, 0.05) is 31.1 Å². The topological polar surface area (TPSA) is 81.5 Å². The Kier molecular flexibility index (Phi) is 5.34. The van der Waals surface area contributed by atoms with Gasteiger partial charge in [-0.2, -0.15) is 0 Å². The number of nitrogens with zero attached hydrogens (tertiary/aromatic N) is 4. The van der Waals surface area contributed by atoms with E-state index in [2.05, 4.69) is 20.2 Å². The summed E-state index contributed by atoms with van der Waals surface area (Å²) in [6.45, 7) is 0.932. The first-order valence-electron chi connectivity index (χ1n) is 9.91. The number of anilines is 1. The van der Waals surface area contributed by atoms with Crippen molar-refractivity contribution in [2.24, 2.45) is 18.9 Å². The summed E-state index contributed by atoms with van der Waals surface area (Å²) in [7, 11) is 9.23. The molecule has 0 bridgehead atoms. The number of methoxy groups -OCH3 is 2. The van der Waals surface area contributed by atoms with Gasteiger partial charge in [0.15, 0.2) is 0 Å². The number of nitrogens with one attached hydrogen (secondary N) is 1. The highest BCUT2D eigenvalue weighted by Gasteiger charge is 2.43. The fourth-order valence-corrected chi connectivity index (χ4v) is 3.99. The summed E-state index contributed by atoms with van der Waals surface area (Å²) < 4.78 is 13.0. The Morgan fingerprint density at radius 2 is 2.07 bits per heavy atom. The maximum absolute atomic E-state index is 12.5. The number of amides is 1. The predicted molar refractivity (Wildman–Crippen MR) is 116 cm³/mol. The number of rotatable bonds is 7. The van der Waals surface area contributed by atoms with Crippen LogP contribution in [0.25, 0.3) is 22.2 Å². The van der Waals surface area contributed by atoms with Crippen LogP contribution in [0.2, 0.25) is 0 Å². The van der Waals surface area contributed by atoms with Crippen molar-refractivity contribution in [3.8, 4) is 22.9 Å². The number of pyridine rings is 2. The monoisotopic (exact) mass is 409 g/mol. The molecule has 1 amide bonds. The lowest BCUT2D eigenvalue weighted by atomic mass is 10.1. The van der Waals surface area contributed by atoms with Gasteiger partial charge in [-0.3, -0.25) is 4.79 Å². The van der Waals surface area contributed by atoms with E-state index in [4.69, 9.17) is 9.47 Å². The Morgan fingerprint density at radius 3 is 2.77 bits per heavy atom. The number of carbonyl (C=O) groups is 1. The van der Waals surface area contributed by atoms with Crippen LogP contribution in [-0.2, 0) is 11.8 Å². The number of hydrogen-bond acceptors (Lipinski definition) is 6. The summed E-state index contributed by atoms with van der Waals surface area (Å²) in [6, 6.07) is 5.73. The number of ether oxygens (including phenoxy) is 2. The first-order valence-corrected chi connectivity index (χ1v) is 9.91. The minimum absolute atomic E-state index is 0.0421. The average molecular weight is 409 g/mol. The largest absolute Gasteiger partial charge is 0.496 e. The Balaban J connectivity index is 1.63. The average Bonchev–Trinajstić information content (AvgIpc) is 3.42. The minimum atomic E-state index is 0.0421. The van der Waals surface area contributed by atoms with Gasteiger partial charge in [-0.05, 0) is 44.6 Å². The zero-order valence-corrected chi connectivity index (χ0v) is 18.0. The van der Waals surface area contributed by atoms with Gasteiger partial charge < -0.3 is 24.3 Å². The molecule has 1 aliphatic carbocycles. The third-order valence-corrected chi connectivity index (χ3v) is 5.59. The van der Waals surface area contributed by atoms with E-state index in [1.54, 1.807) is 32.7 Å². The molecule has 0 aliphatic heterocycles. The summed E-state index contributed by atoms with van der Waals surface area (Å²) in [5.41, 5.74) is 2.61. The number of carbonyl (C=O) groups excluding carboxylic acids is 1. The van der Waals surface area contributed by atoms with E-state index in [1.807, 2.05) is 37.8 Å². The normalized spacial score (nSPS) is 17.9. The molecular formula is C22H27N5O3. The maximum Gasteiger partial charge on any atom is 0.228 e. The van der Waals surface area contributed by atoms with Crippen molar-refractivity contribution in [2.45, 2.75) is 6.42 Å². The Bertz CT molecular complexity index is 1070. The van der Waals surface area contributed by atoms with Crippen molar-refractivity contribution >= 4 is 22.6 Å². The molecule has 158 valence electrons. The van der Waals surface area contributed by atoms with Crippen LogP contribution in [0.3, 0.4) is 0 Å². The molecule has 8 nitrogen and oxygen atoms in total. The van der Waals surface area contributed by atoms with Gasteiger partial charge in [-0.25, -0.2) is 9.97 Å². The molecule has 4 rings (SSSR count). The molecule has 1 saturated carbocycles. The van der Waals surface area contributed by atoms with E-state index in [0.29, 0.717) is 23.4 Å². The zero-order valence-electron chi connectivity index (χ0n) is 18.0. The lowest BCUT2D eigenvalue weighted by molar-refractivity contribution is -0.117. The van der Waals surface area contributed by atoms with Crippen LogP contribution in [0.1, 0.15) is 6.42 Å². The number of fused-ring (bicyclic) bond motifs is 1. The molecule has 0 unspecified atom stereocenters. The molecule has 1 aliphatic rings. The van der Waals surface area contributed by atoms with Crippen LogP contribution in [0.4, 0.5) is 5.82 Å². The third-order valence-electron chi connectivity index (χ3n) is 5.59. The molecule has 0 saturated heterocycles. The molecule has 1 fully saturated rings. The van der Waals surface area contributed by atoms with Gasteiger partial charge >= 0.3 is 0 Å². The molecule has 1 N–H and O–H groups in total. The van der Waals surface area contributed by atoms with Gasteiger partial charge in [0.25, 0.3) is 0 Å². The second kappa shape index (κ2) is 7.95. The van der Waals surface area contributed by atoms with Crippen molar-refractivity contribution in [1.82, 2.24) is 19.4 Å². The highest BCUT2D eigenvalue weighted by molar-refractivity contribution is 5.96. The highest BCUT2D eigenvalue weighted by atomic mass is 16.5. The Labute approximate surface area is 175 Å². The first kappa shape index (κ1) is 20.2. The summed E-state index contributed by atoms with van der Waals surface area (Å²) in [6.07, 6.45) is 4.36. The standard InChI is InChI=1S/C22H27N5O3/c1-26(2)12-14-8-15(14)21(28)25-19-10-13-9-16(27(3)17(13)11-24-19)20-18(29-4)6-7-23-22(20)30-5/h6-7,9-11,14-15H,8,12H2,1-5H3,(H,24,25,28)/t14-,15+/m1/s1. The number of aryl methyl sites for hydroxylation is 1. The summed E-state index contributed by atoms with van der Waals surface area (Å²) in [4.78, 5) is 23.4. The lowest BCUT2D eigenvalue weighted by Gasteiger charge is -2.12. The minimum Gasteiger partial charge on any atom is -0.496 e. The molecular weight excluding hydrogens is 382 g/mol. The first-order chi connectivity index (χ1) is 14.4. The molecule has 2 atom stereocenters. The van der Waals surface area contributed by atoms with E-state index in [1.165, 1.54) is 0 Å². The van der Waals surface area contributed by atoms with Crippen molar-refractivity contribution in [1.29, 1.82) is 0 Å². The Hall–Kier alpha value is -3.13. The maximum atomic E-state index is 12.5. The number of aromatic nitrogens is 3. The summed E-state index contributed by atoms with van der Waals surface area (Å²) >= 11 is 0. The van der Waals surface area contributed by atoms with Crippen LogP contribution < -0.4 is 14.8 Å². The van der Waals surface area contributed by atoms with Crippen LogP contribution in [0.15, 0.2) is 30.6 Å². The van der Waals surface area contributed by atoms with Gasteiger partial charge in [-0.15, -0.1) is 0 Å². The molecule has 0 radical (unpaired) electrons. The summed E-state index contributed by atoms with van der Waals surface area (Å²) in [5, 5.41) is 3.94. The summed E-state index contributed by atoms with van der Waals surface area (Å²) in [5.74, 6) is 2.26. The van der Waals surface area contributed by atoms with Crippen LogP contribution in [0, 0.1) is 11.8 Å². The van der Waals surface area contributed by atoms with Crippen molar-refractivity contribution in [3.63, 3.8) is 0 Å². The highest BCUT2D eigenvalue weighted by Crippen LogP contribution is 2.41. The molecule has 0 aromatic carbocycles. The fourth-order valence-electron chi connectivity index (χ4n) is 3.99. The molecule has 3 aromatic rings. The third kappa shape index (κ3) is 3.70. The second-order valence-electron chi connectivity index (χ2n) is 7.97. The van der Waals surface area contributed by atoms with E-state index in [9.17, 15) is 4.79 Å². The quantitative estimate of drug-likeness (QED) is 0.646. The van der Waals surface area contributed by atoms with E-state index in [-0.39, 0.29) is 11.8 Å². The second-order valence-corrected chi connectivity index (χ2v) is 7.97. The van der Waals surface area contributed by atoms with Gasteiger partial charge in [-0.1, -0.05) is 0 Å². The van der Waals surface area contributed by atoms with Crippen LogP contribution in [-0.4, -0.2) is 60.2 Å². The van der Waals surface area contributed by atoms with Crippen LogP contribution >= 0.6 is 0 Å². The molecule has 3 heterocycles. The fraction of sp³-hybridized carbons (Fsp3) is 0.409. The van der Waals surface area contributed by atoms with Crippen molar-refractivity contribution in [2.75, 3.05) is 40.2 Å². The van der Waals surface area contributed by atoms with Gasteiger partial charge in [0.2, 0.25) is 11.8 Å².